The summed E-state index contributed by atoms with van der Waals surface area (Å²) >= 11 is 13.1. The minimum Gasteiger partial charge on any atom is -0.396 e. The van der Waals surface area contributed by atoms with Crippen molar-refractivity contribution in [1.29, 1.82) is 0 Å². The van der Waals surface area contributed by atoms with Crippen molar-refractivity contribution in [2.24, 2.45) is 0 Å². The predicted octanol–water partition coefficient (Wildman–Crippen LogP) is 2.83. The second-order valence-electron chi connectivity index (χ2n) is 3.67. The SMILES string of the molecule is CC(CCO)SCC(=O)Nc1ncc(Cl)cc1Cl. The molecule has 2 N–H and O–H groups in total. The van der Waals surface area contributed by atoms with E-state index in [-0.39, 0.29) is 17.8 Å². The number of carbonyl (C=O) groups excluding carboxylic acids is 1. The van der Waals surface area contributed by atoms with Gasteiger partial charge in [-0.15, -0.1) is 11.8 Å². The van der Waals surface area contributed by atoms with Crippen LogP contribution < -0.4 is 5.32 Å². The lowest BCUT2D eigenvalue weighted by molar-refractivity contribution is -0.113. The molecule has 0 fully saturated rings. The van der Waals surface area contributed by atoms with Gasteiger partial charge in [0.2, 0.25) is 5.91 Å². The second kappa shape index (κ2) is 7.84. The van der Waals surface area contributed by atoms with Gasteiger partial charge in [-0.25, -0.2) is 4.98 Å². The molecular weight excluding hydrogens is 295 g/mol. The molecule has 0 spiro atoms. The van der Waals surface area contributed by atoms with Crippen LogP contribution in [0.5, 0.6) is 0 Å². The van der Waals surface area contributed by atoms with Gasteiger partial charge in [-0.2, -0.15) is 0 Å². The van der Waals surface area contributed by atoms with E-state index in [1.54, 1.807) is 0 Å². The average Bonchev–Trinajstić information content (AvgIpc) is 2.31. The van der Waals surface area contributed by atoms with Gasteiger partial charge in [0.15, 0.2) is 5.82 Å². The number of aliphatic hydroxyl groups is 1. The molecule has 0 aromatic carbocycles. The predicted molar refractivity (Wildman–Crippen MR) is 76.5 cm³/mol. The van der Waals surface area contributed by atoms with Gasteiger partial charge in [0, 0.05) is 18.1 Å². The number of nitrogens with one attached hydrogen (secondary N) is 1. The fourth-order valence-electron chi connectivity index (χ4n) is 1.16. The molecule has 1 aromatic rings. The van der Waals surface area contributed by atoms with Gasteiger partial charge in [0.05, 0.1) is 15.8 Å². The Bertz CT molecular complexity index is 418. The highest BCUT2D eigenvalue weighted by Gasteiger charge is 2.10. The van der Waals surface area contributed by atoms with Gasteiger partial charge >= 0.3 is 0 Å². The molecule has 0 aliphatic rings. The van der Waals surface area contributed by atoms with Crippen molar-refractivity contribution < 1.29 is 9.90 Å². The van der Waals surface area contributed by atoms with Crippen molar-refractivity contribution >= 4 is 46.7 Å². The summed E-state index contributed by atoms with van der Waals surface area (Å²) in [6.45, 7) is 2.09. The quantitative estimate of drug-likeness (QED) is 0.848. The number of halogens is 2. The molecule has 100 valence electrons. The number of thioether (sulfide) groups is 1. The van der Waals surface area contributed by atoms with Crippen LogP contribution in [0.3, 0.4) is 0 Å². The number of aliphatic hydroxyl groups excluding tert-OH is 1. The van der Waals surface area contributed by atoms with Crippen molar-refractivity contribution in [1.82, 2.24) is 4.98 Å². The lowest BCUT2D eigenvalue weighted by Crippen LogP contribution is -2.17. The summed E-state index contributed by atoms with van der Waals surface area (Å²) in [7, 11) is 0. The zero-order valence-electron chi connectivity index (χ0n) is 9.82. The largest absolute Gasteiger partial charge is 0.396 e. The molecule has 0 aliphatic heterocycles. The van der Waals surface area contributed by atoms with Crippen LogP contribution in [-0.4, -0.2) is 33.6 Å². The summed E-state index contributed by atoms with van der Waals surface area (Å²) in [5.74, 6) is 0.421. The second-order valence-corrected chi connectivity index (χ2v) is 5.94. The molecule has 7 heteroatoms. The summed E-state index contributed by atoms with van der Waals surface area (Å²) in [4.78, 5) is 15.6. The number of hydrogen-bond acceptors (Lipinski definition) is 4. The number of carbonyl (C=O) groups is 1. The zero-order chi connectivity index (χ0) is 13.5. The number of amides is 1. The van der Waals surface area contributed by atoms with Crippen LogP contribution in [0.4, 0.5) is 5.82 Å². The van der Waals surface area contributed by atoms with Crippen LogP contribution in [0, 0.1) is 0 Å². The van der Waals surface area contributed by atoms with Gasteiger partial charge in [-0.1, -0.05) is 30.1 Å². The van der Waals surface area contributed by atoms with E-state index in [0.29, 0.717) is 28.0 Å². The standard InChI is InChI=1S/C11H14Cl2N2O2S/c1-7(2-3-16)18-6-10(17)15-11-9(13)4-8(12)5-14-11/h4-5,7,16H,2-3,6H2,1H3,(H,14,15,17). The van der Waals surface area contributed by atoms with E-state index in [1.165, 1.54) is 24.0 Å². The zero-order valence-corrected chi connectivity index (χ0v) is 12.1. The van der Waals surface area contributed by atoms with Gasteiger partial charge in [-0.05, 0) is 12.5 Å². The van der Waals surface area contributed by atoms with E-state index in [4.69, 9.17) is 28.3 Å². The summed E-state index contributed by atoms with van der Waals surface area (Å²) in [6, 6.07) is 1.52. The molecule has 4 nitrogen and oxygen atoms in total. The number of rotatable bonds is 6. The topological polar surface area (TPSA) is 62.2 Å². The fourth-order valence-corrected chi connectivity index (χ4v) is 2.37. The first-order valence-electron chi connectivity index (χ1n) is 5.36. The first-order chi connectivity index (χ1) is 8.52. The van der Waals surface area contributed by atoms with Crippen molar-refractivity contribution in [3.05, 3.63) is 22.3 Å². The van der Waals surface area contributed by atoms with E-state index in [9.17, 15) is 4.79 Å². The van der Waals surface area contributed by atoms with Crippen LogP contribution in [0.1, 0.15) is 13.3 Å². The van der Waals surface area contributed by atoms with Crippen molar-refractivity contribution in [2.75, 3.05) is 17.7 Å². The Labute approximate surface area is 120 Å². The highest BCUT2D eigenvalue weighted by atomic mass is 35.5. The molecule has 0 aliphatic carbocycles. The fraction of sp³-hybridized carbons (Fsp3) is 0.455. The molecular formula is C11H14Cl2N2O2S. The minimum absolute atomic E-state index is 0.125. The lowest BCUT2D eigenvalue weighted by Gasteiger charge is -2.10. The number of aromatic nitrogens is 1. The molecule has 0 saturated heterocycles. The van der Waals surface area contributed by atoms with E-state index in [2.05, 4.69) is 10.3 Å². The number of nitrogens with zero attached hydrogens (tertiary/aromatic N) is 1. The summed E-state index contributed by atoms with van der Waals surface area (Å²) < 4.78 is 0. The van der Waals surface area contributed by atoms with E-state index >= 15 is 0 Å². The minimum atomic E-state index is -0.179. The molecule has 1 heterocycles. The molecule has 1 rings (SSSR count). The molecule has 0 bridgehead atoms. The monoisotopic (exact) mass is 308 g/mol. The van der Waals surface area contributed by atoms with Crippen LogP contribution in [0.15, 0.2) is 12.3 Å². The summed E-state index contributed by atoms with van der Waals surface area (Å²) in [5.41, 5.74) is 0. The Morgan fingerprint density at radius 1 is 1.61 bits per heavy atom. The Hall–Kier alpha value is -0.490. The van der Waals surface area contributed by atoms with E-state index in [0.717, 1.165) is 0 Å². The van der Waals surface area contributed by atoms with Crippen LogP contribution >= 0.6 is 35.0 Å². The molecule has 0 saturated carbocycles. The Morgan fingerprint density at radius 3 is 2.94 bits per heavy atom. The molecule has 1 atom stereocenters. The van der Waals surface area contributed by atoms with Gasteiger partial charge in [0.25, 0.3) is 0 Å². The first kappa shape index (κ1) is 15.6. The van der Waals surface area contributed by atoms with Crippen LogP contribution in [0.25, 0.3) is 0 Å². The van der Waals surface area contributed by atoms with Crippen LogP contribution in [0.2, 0.25) is 10.0 Å². The molecule has 1 aromatic heterocycles. The maximum Gasteiger partial charge on any atom is 0.235 e. The maximum atomic E-state index is 11.6. The highest BCUT2D eigenvalue weighted by Crippen LogP contribution is 2.23. The number of anilines is 1. The smallest absolute Gasteiger partial charge is 0.235 e. The first-order valence-corrected chi connectivity index (χ1v) is 7.16. The molecule has 18 heavy (non-hydrogen) atoms. The summed E-state index contributed by atoms with van der Waals surface area (Å²) in [5, 5.41) is 12.3. The Morgan fingerprint density at radius 2 is 2.33 bits per heavy atom. The van der Waals surface area contributed by atoms with Gasteiger partial charge in [-0.3, -0.25) is 4.79 Å². The molecule has 1 unspecified atom stereocenters. The maximum absolute atomic E-state index is 11.6. The van der Waals surface area contributed by atoms with Crippen molar-refractivity contribution in [3.63, 3.8) is 0 Å². The average molecular weight is 309 g/mol. The van der Waals surface area contributed by atoms with Crippen molar-refractivity contribution in [2.45, 2.75) is 18.6 Å². The van der Waals surface area contributed by atoms with Crippen LogP contribution in [-0.2, 0) is 4.79 Å². The third-order valence-electron chi connectivity index (χ3n) is 2.10. The highest BCUT2D eigenvalue weighted by molar-refractivity contribution is 8.00. The normalized spacial score (nSPS) is 12.2. The van der Waals surface area contributed by atoms with E-state index in [1.807, 2.05) is 6.92 Å². The Kier molecular flexibility index (Phi) is 6.78. The third kappa shape index (κ3) is 5.44. The van der Waals surface area contributed by atoms with Gasteiger partial charge in [0.1, 0.15) is 0 Å². The molecule has 1 amide bonds. The van der Waals surface area contributed by atoms with Crippen molar-refractivity contribution in [3.8, 4) is 0 Å². The lowest BCUT2D eigenvalue weighted by atomic mass is 10.3. The Balaban J connectivity index is 2.44. The number of hydrogen-bond donors (Lipinski definition) is 2. The van der Waals surface area contributed by atoms with E-state index < -0.39 is 0 Å². The third-order valence-corrected chi connectivity index (χ3v) is 3.83. The molecule has 0 radical (unpaired) electrons. The van der Waals surface area contributed by atoms with Gasteiger partial charge < -0.3 is 10.4 Å². The number of pyridine rings is 1. The summed E-state index contributed by atoms with van der Waals surface area (Å²) in [6.07, 6.45) is 2.09.